The third-order valence-electron chi connectivity index (χ3n) is 9.84. The van der Waals surface area contributed by atoms with Gasteiger partial charge in [-0.1, -0.05) is 97.1 Å². The van der Waals surface area contributed by atoms with Gasteiger partial charge in [-0.15, -0.1) is 0 Å². The van der Waals surface area contributed by atoms with Gasteiger partial charge in [0.15, 0.2) is 0 Å². The summed E-state index contributed by atoms with van der Waals surface area (Å²) in [5, 5.41) is 16.0. The van der Waals surface area contributed by atoms with Crippen LogP contribution < -0.4 is 10.6 Å². The van der Waals surface area contributed by atoms with Crippen LogP contribution in [0, 0.1) is 11.8 Å². The monoisotopic (exact) mass is 709 g/mol. The molecule has 3 amide bonds. The summed E-state index contributed by atoms with van der Waals surface area (Å²) >= 11 is 0. The van der Waals surface area contributed by atoms with Crippen LogP contribution in [-0.2, 0) is 49.9 Å². The van der Waals surface area contributed by atoms with Gasteiger partial charge in [0.05, 0.1) is 30.5 Å². The molecule has 10 heteroatoms. The second-order valence-electron chi connectivity index (χ2n) is 13.7. The molecule has 0 radical (unpaired) electrons. The average molecular weight is 710 g/mol. The number of hydrogen-bond donors (Lipinski definition) is 3. The third-order valence-corrected chi connectivity index (χ3v) is 9.84. The summed E-state index contributed by atoms with van der Waals surface area (Å²) in [6, 6.07) is 26.4. The van der Waals surface area contributed by atoms with Crippen molar-refractivity contribution in [2.24, 2.45) is 11.8 Å². The predicted octanol–water partition coefficient (Wildman–Crippen LogP) is 5.66. The van der Waals surface area contributed by atoms with E-state index in [-0.39, 0.29) is 56.0 Å². The van der Waals surface area contributed by atoms with Gasteiger partial charge in [0, 0.05) is 19.5 Å². The molecule has 0 spiro atoms. The van der Waals surface area contributed by atoms with Gasteiger partial charge in [0.25, 0.3) is 0 Å². The molecule has 2 aliphatic rings. The number of fused-ring (bicyclic) bond motifs is 1. The molecule has 3 aromatic rings. The zero-order chi connectivity index (χ0) is 36.5. The van der Waals surface area contributed by atoms with Crippen LogP contribution >= 0.6 is 0 Å². The first-order chi connectivity index (χ1) is 25.4. The molecule has 0 aromatic heterocycles. The van der Waals surface area contributed by atoms with Crippen LogP contribution in [0.2, 0.25) is 0 Å². The molecule has 0 saturated carbocycles. The van der Waals surface area contributed by atoms with Crippen molar-refractivity contribution < 1.29 is 33.8 Å². The van der Waals surface area contributed by atoms with Crippen molar-refractivity contribution in [1.82, 2.24) is 15.5 Å². The van der Waals surface area contributed by atoms with Crippen LogP contribution in [0.15, 0.2) is 97.1 Å². The lowest BCUT2D eigenvalue weighted by atomic mass is 9.92. The van der Waals surface area contributed by atoms with Crippen molar-refractivity contribution in [3.8, 4) is 0 Å². The Balaban J connectivity index is 1.22. The standard InChI is InChI=1S/C42H51N3O7/c46-28-38-25-33-18-10-11-21-36(33)27-45(38)39(47)26-34-19-8-3-9-20-35(24-31-14-4-1-5-15-31)41(49)51-30-37(44-40(34)48)22-12-13-23-43-42(50)52-29-32-16-6-2-7-17-32/h1-8,10-11,14-18,21,34-35,37-38,46H,9,12-13,19-20,22-30H2,(H,43,50)(H,44,48). The summed E-state index contributed by atoms with van der Waals surface area (Å²) < 4.78 is 11.2. The Bertz CT molecular complexity index is 1630. The van der Waals surface area contributed by atoms with E-state index in [0.29, 0.717) is 64.5 Å². The van der Waals surface area contributed by atoms with Gasteiger partial charge < -0.3 is 30.1 Å². The molecule has 3 aromatic carbocycles. The van der Waals surface area contributed by atoms with Crippen LogP contribution in [0.1, 0.15) is 67.2 Å². The lowest BCUT2D eigenvalue weighted by Crippen LogP contribution is -2.48. The van der Waals surface area contributed by atoms with Gasteiger partial charge >= 0.3 is 12.1 Å². The molecule has 5 rings (SSSR count). The highest BCUT2D eigenvalue weighted by Gasteiger charge is 2.33. The normalized spacial score (nSPS) is 21.0. The number of nitrogens with zero attached hydrogens (tertiary/aromatic N) is 1. The summed E-state index contributed by atoms with van der Waals surface area (Å²) in [7, 11) is 0. The Hall–Kier alpha value is -4.96. The number of amides is 3. The molecule has 276 valence electrons. The maximum Gasteiger partial charge on any atom is 0.407 e. The van der Waals surface area contributed by atoms with E-state index in [1.54, 1.807) is 4.90 Å². The number of cyclic esters (lactones) is 1. The number of hydrogen-bond acceptors (Lipinski definition) is 7. The molecule has 0 fully saturated rings. The first kappa shape index (κ1) is 38.3. The summed E-state index contributed by atoms with van der Waals surface area (Å²) in [5.41, 5.74) is 4.12. The number of allylic oxidation sites excluding steroid dienone is 2. The van der Waals surface area contributed by atoms with E-state index in [4.69, 9.17) is 9.47 Å². The summed E-state index contributed by atoms with van der Waals surface area (Å²) in [5.74, 6) is -1.74. The molecule has 0 aliphatic carbocycles. The minimum atomic E-state index is -0.639. The fourth-order valence-corrected chi connectivity index (χ4v) is 6.83. The molecule has 10 nitrogen and oxygen atoms in total. The van der Waals surface area contributed by atoms with Crippen molar-refractivity contribution in [1.29, 1.82) is 0 Å². The zero-order valence-corrected chi connectivity index (χ0v) is 29.8. The van der Waals surface area contributed by atoms with Crippen LogP contribution in [-0.4, -0.2) is 65.7 Å². The second kappa shape index (κ2) is 20.2. The maximum absolute atomic E-state index is 13.9. The van der Waals surface area contributed by atoms with Crippen LogP contribution in [0.3, 0.4) is 0 Å². The number of aliphatic hydroxyl groups is 1. The van der Waals surface area contributed by atoms with Crippen LogP contribution in [0.4, 0.5) is 4.79 Å². The molecular weight excluding hydrogens is 658 g/mol. The van der Waals surface area contributed by atoms with Crippen LogP contribution in [0.5, 0.6) is 0 Å². The highest BCUT2D eigenvalue weighted by molar-refractivity contribution is 5.86. The number of carbonyl (C=O) groups is 4. The van der Waals surface area contributed by atoms with Gasteiger partial charge in [-0.05, 0) is 73.6 Å². The largest absolute Gasteiger partial charge is 0.463 e. The predicted molar refractivity (Wildman–Crippen MR) is 198 cm³/mol. The first-order valence-electron chi connectivity index (χ1n) is 18.5. The third kappa shape index (κ3) is 11.8. The molecule has 0 saturated heterocycles. The van der Waals surface area contributed by atoms with Crippen molar-refractivity contribution in [3.05, 3.63) is 119 Å². The van der Waals surface area contributed by atoms with Crippen molar-refractivity contribution >= 4 is 23.9 Å². The number of unbranched alkanes of at least 4 members (excludes halogenated alkanes) is 1. The fourth-order valence-electron chi connectivity index (χ4n) is 6.83. The molecule has 3 N–H and O–H groups in total. The van der Waals surface area contributed by atoms with E-state index in [1.807, 2.05) is 97.1 Å². The smallest absolute Gasteiger partial charge is 0.407 e. The Morgan fingerprint density at radius 3 is 2.35 bits per heavy atom. The van der Waals surface area contributed by atoms with Gasteiger partial charge in [-0.3, -0.25) is 14.4 Å². The van der Waals surface area contributed by atoms with Gasteiger partial charge in [0.2, 0.25) is 11.8 Å². The number of carbonyl (C=O) groups excluding carboxylic acids is 4. The molecular formula is C42H51N3O7. The van der Waals surface area contributed by atoms with Gasteiger partial charge in [0.1, 0.15) is 13.2 Å². The lowest BCUT2D eigenvalue weighted by molar-refractivity contribution is -0.150. The first-order valence-corrected chi connectivity index (χ1v) is 18.5. The Morgan fingerprint density at radius 1 is 0.885 bits per heavy atom. The molecule has 4 unspecified atom stereocenters. The Labute approximate surface area is 306 Å². The van der Waals surface area contributed by atoms with E-state index in [1.165, 1.54) is 0 Å². The van der Waals surface area contributed by atoms with Gasteiger partial charge in [-0.2, -0.15) is 0 Å². The number of esters is 1. The van der Waals surface area contributed by atoms with E-state index in [9.17, 15) is 24.3 Å². The maximum atomic E-state index is 13.9. The highest BCUT2D eigenvalue weighted by Crippen LogP contribution is 2.26. The number of benzene rings is 3. The highest BCUT2D eigenvalue weighted by atomic mass is 16.5. The Kier molecular flexibility index (Phi) is 14.8. The number of aliphatic hydroxyl groups excluding tert-OH is 1. The number of nitrogens with one attached hydrogen (secondary N) is 2. The number of alkyl carbamates (subject to hydrolysis) is 1. The molecule has 2 aliphatic heterocycles. The minimum Gasteiger partial charge on any atom is -0.463 e. The number of rotatable bonds is 12. The van der Waals surface area contributed by atoms with Gasteiger partial charge in [-0.25, -0.2) is 4.79 Å². The molecule has 0 bridgehead atoms. The summed E-state index contributed by atoms with van der Waals surface area (Å²) in [6.45, 7) is 0.807. The molecule has 52 heavy (non-hydrogen) atoms. The quantitative estimate of drug-likeness (QED) is 0.126. The average Bonchev–Trinajstić information content (AvgIpc) is 3.18. The van der Waals surface area contributed by atoms with Crippen molar-refractivity contribution in [3.63, 3.8) is 0 Å². The van der Waals surface area contributed by atoms with E-state index in [2.05, 4.69) is 10.6 Å². The molecule has 4 atom stereocenters. The summed E-state index contributed by atoms with van der Waals surface area (Å²) in [6.07, 6.45) is 7.90. The zero-order valence-electron chi connectivity index (χ0n) is 29.8. The second-order valence-corrected chi connectivity index (χ2v) is 13.7. The SMILES string of the molecule is O=C(NCCCCC1COC(=O)C(Cc2ccccc2)CCC=CCC(CC(=O)N2Cc3ccccc3CC2CO)C(=O)N1)OCc1ccccc1. The lowest BCUT2D eigenvalue weighted by Gasteiger charge is -2.36. The topological polar surface area (TPSA) is 134 Å². The Morgan fingerprint density at radius 2 is 1.60 bits per heavy atom. The van der Waals surface area contributed by atoms with Crippen molar-refractivity contribution in [2.75, 3.05) is 19.8 Å². The minimum absolute atomic E-state index is 0.00595. The summed E-state index contributed by atoms with van der Waals surface area (Å²) in [4.78, 5) is 55.0. The van der Waals surface area contributed by atoms with Crippen LogP contribution in [0.25, 0.3) is 0 Å². The van der Waals surface area contributed by atoms with E-state index < -0.39 is 18.1 Å². The van der Waals surface area contributed by atoms with E-state index >= 15 is 0 Å². The number of ether oxygens (including phenoxy) is 2. The van der Waals surface area contributed by atoms with E-state index in [0.717, 1.165) is 22.3 Å². The molecule has 2 heterocycles. The van der Waals surface area contributed by atoms with Crippen molar-refractivity contribution in [2.45, 2.75) is 83.0 Å². The fraction of sp³-hybridized carbons (Fsp3) is 0.429.